The standard InChI is InChI=1S/C18H25NO5/c1-6-18(11-22-5)15(21)19-16(18)23-13-9-7-12(8-10-13)14(20)24-17(2,3)4/h7-10,16H,6,11H2,1-5H3,(H,19,21)/t16-,18+/m0/s1. The van der Waals surface area contributed by atoms with Gasteiger partial charge in [0, 0.05) is 7.11 Å². The molecule has 1 aliphatic rings. The first-order valence-corrected chi connectivity index (χ1v) is 8.02. The van der Waals surface area contributed by atoms with Gasteiger partial charge in [-0.2, -0.15) is 0 Å². The zero-order chi connectivity index (χ0) is 18.0. The molecule has 1 N–H and O–H groups in total. The first-order chi connectivity index (χ1) is 11.2. The van der Waals surface area contributed by atoms with Crippen LogP contribution in [0.3, 0.4) is 0 Å². The molecule has 1 aliphatic heterocycles. The number of methoxy groups -OCH3 is 1. The number of hydrogen-bond donors (Lipinski definition) is 1. The smallest absolute Gasteiger partial charge is 0.338 e. The van der Waals surface area contributed by atoms with Gasteiger partial charge in [-0.05, 0) is 51.5 Å². The van der Waals surface area contributed by atoms with Gasteiger partial charge in [-0.25, -0.2) is 4.79 Å². The predicted molar refractivity (Wildman–Crippen MR) is 88.8 cm³/mol. The highest BCUT2D eigenvalue weighted by Gasteiger charge is 2.55. The molecule has 2 atom stereocenters. The third-order valence-electron chi connectivity index (χ3n) is 3.99. The fourth-order valence-corrected chi connectivity index (χ4v) is 2.57. The molecule has 24 heavy (non-hydrogen) atoms. The summed E-state index contributed by atoms with van der Waals surface area (Å²) in [5, 5.41) is 2.75. The molecule has 1 fully saturated rings. The Balaban J connectivity index is 2.04. The summed E-state index contributed by atoms with van der Waals surface area (Å²) in [4.78, 5) is 23.9. The first kappa shape index (κ1) is 18.3. The number of nitrogens with one attached hydrogen (secondary N) is 1. The summed E-state index contributed by atoms with van der Waals surface area (Å²) in [7, 11) is 1.57. The Morgan fingerprint density at radius 1 is 1.25 bits per heavy atom. The van der Waals surface area contributed by atoms with Crippen LogP contribution in [0, 0.1) is 5.41 Å². The average molecular weight is 335 g/mol. The molecule has 1 aromatic carbocycles. The maximum atomic E-state index is 12.0. The van der Waals surface area contributed by atoms with Crippen molar-refractivity contribution in [2.45, 2.75) is 45.9 Å². The zero-order valence-electron chi connectivity index (χ0n) is 14.8. The molecule has 132 valence electrons. The molecular formula is C18H25NO5. The van der Waals surface area contributed by atoms with Gasteiger partial charge in [-0.3, -0.25) is 4.79 Å². The highest BCUT2D eigenvalue weighted by atomic mass is 16.6. The van der Waals surface area contributed by atoms with E-state index in [-0.39, 0.29) is 11.9 Å². The Morgan fingerprint density at radius 2 is 1.88 bits per heavy atom. The van der Waals surface area contributed by atoms with Crippen molar-refractivity contribution in [2.24, 2.45) is 5.41 Å². The molecule has 0 radical (unpaired) electrons. The van der Waals surface area contributed by atoms with Gasteiger partial charge in [0.1, 0.15) is 16.8 Å². The number of carbonyl (C=O) groups excluding carboxylic acids is 2. The van der Waals surface area contributed by atoms with Crippen LogP contribution in [0.4, 0.5) is 0 Å². The van der Waals surface area contributed by atoms with Crippen LogP contribution in [0.2, 0.25) is 0 Å². The van der Waals surface area contributed by atoms with Crippen molar-refractivity contribution in [2.75, 3.05) is 13.7 Å². The molecule has 1 heterocycles. The van der Waals surface area contributed by atoms with Gasteiger partial charge in [0.15, 0.2) is 6.23 Å². The number of esters is 1. The van der Waals surface area contributed by atoms with E-state index < -0.39 is 17.2 Å². The van der Waals surface area contributed by atoms with E-state index in [0.29, 0.717) is 24.3 Å². The molecule has 1 saturated heterocycles. The number of amides is 1. The van der Waals surface area contributed by atoms with Gasteiger partial charge >= 0.3 is 5.97 Å². The van der Waals surface area contributed by atoms with E-state index in [2.05, 4.69) is 5.32 Å². The van der Waals surface area contributed by atoms with Crippen molar-refractivity contribution in [3.8, 4) is 5.75 Å². The quantitative estimate of drug-likeness (QED) is 0.639. The molecule has 0 unspecified atom stereocenters. The second-order valence-corrected chi connectivity index (χ2v) is 6.94. The summed E-state index contributed by atoms with van der Waals surface area (Å²) in [6, 6.07) is 6.68. The van der Waals surface area contributed by atoms with Gasteiger partial charge in [-0.1, -0.05) is 6.92 Å². The lowest BCUT2D eigenvalue weighted by atomic mass is 9.76. The molecule has 0 bridgehead atoms. The maximum Gasteiger partial charge on any atom is 0.338 e. The summed E-state index contributed by atoms with van der Waals surface area (Å²) in [5.74, 6) is 0.122. The summed E-state index contributed by atoms with van der Waals surface area (Å²) in [6.45, 7) is 7.70. The van der Waals surface area contributed by atoms with E-state index in [1.165, 1.54) is 0 Å². The molecule has 1 amide bonds. The van der Waals surface area contributed by atoms with E-state index in [1.807, 2.05) is 27.7 Å². The van der Waals surface area contributed by atoms with Crippen molar-refractivity contribution >= 4 is 11.9 Å². The predicted octanol–water partition coefficient (Wildman–Crippen LogP) is 2.52. The second-order valence-electron chi connectivity index (χ2n) is 6.94. The molecule has 6 nitrogen and oxygen atoms in total. The fraction of sp³-hybridized carbons (Fsp3) is 0.556. The number of ether oxygens (including phenoxy) is 3. The number of hydrogen-bond acceptors (Lipinski definition) is 5. The minimum absolute atomic E-state index is 0.0674. The SMILES string of the molecule is CC[C@@]1(COC)C(=O)N[C@H]1Oc1ccc(C(=O)OC(C)(C)C)cc1. The Hall–Kier alpha value is -2.08. The summed E-state index contributed by atoms with van der Waals surface area (Å²) in [6.07, 6.45) is 0.176. The highest BCUT2D eigenvalue weighted by molar-refractivity contribution is 5.90. The summed E-state index contributed by atoms with van der Waals surface area (Å²) >= 11 is 0. The molecule has 0 spiro atoms. The third kappa shape index (κ3) is 3.70. The molecule has 0 aliphatic carbocycles. The molecular weight excluding hydrogens is 310 g/mol. The Kier molecular flexibility index (Phi) is 5.18. The lowest BCUT2D eigenvalue weighted by molar-refractivity contribution is -0.168. The Bertz CT molecular complexity index is 605. The van der Waals surface area contributed by atoms with Gasteiger partial charge in [0.2, 0.25) is 5.91 Å². The van der Waals surface area contributed by atoms with Crippen molar-refractivity contribution in [1.82, 2.24) is 5.32 Å². The largest absolute Gasteiger partial charge is 0.469 e. The van der Waals surface area contributed by atoms with Crippen molar-refractivity contribution in [1.29, 1.82) is 0 Å². The molecule has 0 saturated carbocycles. The van der Waals surface area contributed by atoms with Crippen molar-refractivity contribution in [3.63, 3.8) is 0 Å². The topological polar surface area (TPSA) is 73.9 Å². The van der Waals surface area contributed by atoms with Crippen LogP contribution < -0.4 is 10.1 Å². The summed E-state index contributed by atoms with van der Waals surface area (Å²) < 4.78 is 16.3. The van der Waals surface area contributed by atoms with E-state index in [0.717, 1.165) is 0 Å². The lowest BCUT2D eigenvalue weighted by Crippen LogP contribution is -2.71. The van der Waals surface area contributed by atoms with Crippen molar-refractivity contribution < 1.29 is 23.8 Å². The van der Waals surface area contributed by atoms with Crippen molar-refractivity contribution in [3.05, 3.63) is 29.8 Å². The Morgan fingerprint density at radius 3 is 2.33 bits per heavy atom. The molecule has 0 aromatic heterocycles. The van der Waals surface area contributed by atoms with Crippen LogP contribution >= 0.6 is 0 Å². The minimum Gasteiger partial charge on any atom is -0.469 e. The Labute approximate surface area is 142 Å². The van der Waals surface area contributed by atoms with Crippen LogP contribution in [0.25, 0.3) is 0 Å². The fourth-order valence-electron chi connectivity index (χ4n) is 2.57. The van der Waals surface area contributed by atoms with E-state index >= 15 is 0 Å². The monoisotopic (exact) mass is 335 g/mol. The van der Waals surface area contributed by atoms with Gasteiger partial charge in [-0.15, -0.1) is 0 Å². The molecule has 1 aromatic rings. The van der Waals surface area contributed by atoms with Crippen LogP contribution in [0.15, 0.2) is 24.3 Å². The van der Waals surface area contributed by atoms with Crippen LogP contribution in [-0.2, 0) is 14.3 Å². The van der Waals surface area contributed by atoms with E-state index in [4.69, 9.17) is 14.2 Å². The second kappa shape index (κ2) is 6.81. The maximum absolute atomic E-state index is 12.0. The number of β-lactam (4-membered cyclic amide) rings is 1. The number of carbonyl (C=O) groups is 2. The minimum atomic E-state index is -0.668. The zero-order valence-corrected chi connectivity index (χ0v) is 14.8. The first-order valence-electron chi connectivity index (χ1n) is 8.02. The highest BCUT2D eigenvalue weighted by Crippen LogP contribution is 2.36. The van der Waals surface area contributed by atoms with E-state index in [1.54, 1.807) is 31.4 Å². The van der Waals surface area contributed by atoms with Crippen LogP contribution in [-0.4, -0.2) is 37.4 Å². The van der Waals surface area contributed by atoms with Gasteiger partial charge in [0.25, 0.3) is 0 Å². The average Bonchev–Trinajstić information content (AvgIpc) is 2.51. The van der Waals surface area contributed by atoms with E-state index in [9.17, 15) is 9.59 Å². The van der Waals surface area contributed by atoms with Gasteiger partial charge < -0.3 is 19.5 Å². The lowest BCUT2D eigenvalue weighted by Gasteiger charge is -2.46. The molecule has 6 heteroatoms. The normalized spacial score (nSPS) is 23.2. The van der Waals surface area contributed by atoms with Crippen LogP contribution in [0.1, 0.15) is 44.5 Å². The van der Waals surface area contributed by atoms with Crippen LogP contribution in [0.5, 0.6) is 5.75 Å². The number of benzene rings is 1. The number of rotatable bonds is 6. The third-order valence-corrected chi connectivity index (χ3v) is 3.99. The molecule has 2 rings (SSSR count). The summed E-state index contributed by atoms with van der Waals surface area (Å²) in [5.41, 5.74) is -0.754. The van der Waals surface area contributed by atoms with Gasteiger partial charge in [0.05, 0.1) is 12.2 Å².